The van der Waals surface area contributed by atoms with Gasteiger partial charge >= 0.3 is 6.09 Å². The molecule has 2 rings (SSSR count). The topological polar surface area (TPSA) is 102 Å². The molecule has 7 nitrogen and oxygen atoms in total. The molecular weight excluding hydrogens is 332 g/mol. The molecule has 134 valence electrons. The van der Waals surface area contributed by atoms with Crippen LogP contribution in [0.1, 0.15) is 46.0 Å². The Morgan fingerprint density at radius 2 is 2.00 bits per heavy atom. The van der Waals surface area contributed by atoms with Gasteiger partial charge in [0, 0.05) is 5.92 Å². The second-order valence-electron chi connectivity index (χ2n) is 6.60. The van der Waals surface area contributed by atoms with Crippen molar-refractivity contribution in [2.24, 2.45) is 5.92 Å². The SMILES string of the molecule is C=C[C@@H]1C[C@]1(NC(=O)OC(=C)C)C(=O)NS(=O)(=O)C1(CCC)CC1. The summed E-state index contributed by atoms with van der Waals surface area (Å²) < 4.78 is 31.2. The quantitative estimate of drug-likeness (QED) is 0.511. The van der Waals surface area contributed by atoms with Gasteiger partial charge in [-0.25, -0.2) is 13.2 Å². The summed E-state index contributed by atoms with van der Waals surface area (Å²) in [5.74, 6) is -0.911. The second kappa shape index (κ2) is 6.23. The van der Waals surface area contributed by atoms with Gasteiger partial charge in [0.05, 0.1) is 10.5 Å². The van der Waals surface area contributed by atoms with Crippen molar-refractivity contribution in [3.63, 3.8) is 0 Å². The van der Waals surface area contributed by atoms with Crippen LogP contribution in [0.4, 0.5) is 4.79 Å². The summed E-state index contributed by atoms with van der Waals surface area (Å²) in [6.07, 6.45) is 3.29. The van der Waals surface area contributed by atoms with Crippen LogP contribution < -0.4 is 10.0 Å². The summed E-state index contributed by atoms with van der Waals surface area (Å²) in [5, 5.41) is 2.46. The lowest BCUT2D eigenvalue weighted by Gasteiger charge is -2.21. The Bertz CT molecular complexity index is 681. The van der Waals surface area contributed by atoms with Gasteiger partial charge in [-0.15, -0.1) is 6.58 Å². The average molecular weight is 356 g/mol. The van der Waals surface area contributed by atoms with Crippen molar-refractivity contribution >= 4 is 22.0 Å². The summed E-state index contributed by atoms with van der Waals surface area (Å²) in [6.45, 7) is 10.5. The Labute approximate surface area is 142 Å². The number of rotatable bonds is 8. The fraction of sp³-hybridized carbons (Fsp3) is 0.625. The van der Waals surface area contributed by atoms with Crippen LogP contribution in [-0.2, 0) is 19.6 Å². The number of carbonyl (C=O) groups is 2. The Kier molecular flexibility index (Phi) is 4.81. The van der Waals surface area contributed by atoms with Gasteiger partial charge in [-0.1, -0.05) is 26.0 Å². The molecule has 8 heteroatoms. The molecule has 0 heterocycles. The highest BCUT2D eigenvalue weighted by atomic mass is 32.2. The fourth-order valence-corrected chi connectivity index (χ4v) is 4.72. The van der Waals surface area contributed by atoms with Gasteiger partial charge in [-0.05, 0) is 32.6 Å². The maximum absolute atomic E-state index is 12.6. The Balaban J connectivity index is 2.12. The first kappa shape index (κ1) is 18.5. The Morgan fingerprint density at radius 1 is 1.38 bits per heavy atom. The van der Waals surface area contributed by atoms with E-state index in [4.69, 9.17) is 4.74 Å². The molecule has 2 aliphatic carbocycles. The van der Waals surface area contributed by atoms with Crippen LogP contribution in [0.5, 0.6) is 0 Å². The molecule has 0 radical (unpaired) electrons. The smallest absolute Gasteiger partial charge is 0.413 e. The molecule has 0 bridgehead atoms. The van der Waals surface area contributed by atoms with E-state index < -0.39 is 32.3 Å². The van der Waals surface area contributed by atoms with Crippen molar-refractivity contribution in [1.82, 2.24) is 10.0 Å². The number of amides is 2. The van der Waals surface area contributed by atoms with Crippen LogP contribution in [0.15, 0.2) is 25.0 Å². The number of alkyl carbamates (subject to hydrolysis) is 1. The molecule has 0 spiro atoms. The number of nitrogens with one attached hydrogen (secondary N) is 2. The molecule has 0 aromatic rings. The molecule has 24 heavy (non-hydrogen) atoms. The minimum Gasteiger partial charge on any atom is -0.416 e. The van der Waals surface area contributed by atoms with Crippen molar-refractivity contribution < 1.29 is 22.7 Å². The van der Waals surface area contributed by atoms with Crippen LogP contribution in [0, 0.1) is 5.92 Å². The molecule has 0 unspecified atom stereocenters. The van der Waals surface area contributed by atoms with Crippen LogP contribution in [0.2, 0.25) is 0 Å². The van der Waals surface area contributed by atoms with E-state index in [1.54, 1.807) is 0 Å². The molecule has 0 aromatic heterocycles. The van der Waals surface area contributed by atoms with Crippen LogP contribution in [-0.4, -0.2) is 30.7 Å². The molecule has 0 saturated heterocycles. The van der Waals surface area contributed by atoms with Crippen LogP contribution in [0.3, 0.4) is 0 Å². The standard InChI is InChI=1S/C16H24N2O5S/c1-5-7-15(8-9-15)24(21,22)18-13(19)16(10-12(16)6-2)17-14(20)23-11(3)4/h6,12H,2-3,5,7-10H2,1,4H3,(H,17,20)(H,18,19)/t12-,16-/m1/s1. The number of ether oxygens (including phenoxy) is 1. The van der Waals surface area contributed by atoms with Crippen molar-refractivity contribution in [2.45, 2.75) is 56.2 Å². The largest absolute Gasteiger partial charge is 0.416 e. The fourth-order valence-electron chi connectivity index (χ4n) is 2.97. The molecule has 2 amide bonds. The van der Waals surface area contributed by atoms with E-state index in [-0.39, 0.29) is 18.1 Å². The molecular formula is C16H24N2O5S. The van der Waals surface area contributed by atoms with Gasteiger partial charge in [0.15, 0.2) is 0 Å². The summed E-state index contributed by atoms with van der Waals surface area (Å²) in [4.78, 5) is 24.4. The van der Waals surface area contributed by atoms with Crippen molar-refractivity contribution in [2.75, 3.05) is 0 Å². The van der Waals surface area contributed by atoms with Crippen LogP contribution >= 0.6 is 0 Å². The van der Waals surface area contributed by atoms with Crippen LogP contribution in [0.25, 0.3) is 0 Å². The second-order valence-corrected chi connectivity index (χ2v) is 8.68. The third-order valence-corrected chi connectivity index (χ3v) is 6.81. The maximum Gasteiger partial charge on any atom is 0.413 e. The Morgan fingerprint density at radius 3 is 2.42 bits per heavy atom. The molecule has 2 saturated carbocycles. The summed E-state index contributed by atoms with van der Waals surface area (Å²) in [7, 11) is -3.79. The van der Waals surface area contributed by atoms with E-state index in [1.165, 1.54) is 13.0 Å². The summed E-state index contributed by atoms with van der Waals surface area (Å²) in [5.41, 5.74) is -1.33. The van der Waals surface area contributed by atoms with Gasteiger partial charge in [-0.3, -0.25) is 9.52 Å². The highest BCUT2D eigenvalue weighted by Crippen LogP contribution is 2.48. The van der Waals surface area contributed by atoms with Crippen molar-refractivity contribution in [3.8, 4) is 0 Å². The average Bonchev–Trinajstić information content (AvgIpc) is 3.33. The highest BCUT2D eigenvalue weighted by Gasteiger charge is 2.63. The first-order chi connectivity index (χ1) is 11.1. The van der Waals surface area contributed by atoms with Gasteiger partial charge in [0.1, 0.15) is 5.54 Å². The number of carbonyl (C=O) groups excluding carboxylic acids is 2. The lowest BCUT2D eigenvalue weighted by atomic mass is 10.2. The van der Waals surface area contributed by atoms with E-state index in [0.29, 0.717) is 19.3 Å². The molecule has 2 atom stereocenters. The zero-order chi connectivity index (χ0) is 18.2. The molecule has 2 N–H and O–H groups in total. The summed E-state index contributed by atoms with van der Waals surface area (Å²) >= 11 is 0. The number of hydrogen-bond acceptors (Lipinski definition) is 5. The first-order valence-electron chi connectivity index (χ1n) is 7.97. The van der Waals surface area contributed by atoms with E-state index in [2.05, 4.69) is 23.2 Å². The van der Waals surface area contributed by atoms with Crippen molar-refractivity contribution in [1.29, 1.82) is 0 Å². The lowest BCUT2D eigenvalue weighted by molar-refractivity contribution is -0.122. The predicted molar refractivity (Wildman–Crippen MR) is 89.4 cm³/mol. The highest BCUT2D eigenvalue weighted by molar-refractivity contribution is 7.91. The molecule has 2 fully saturated rings. The first-order valence-corrected chi connectivity index (χ1v) is 9.45. The maximum atomic E-state index is 12.6. The number of sulfonamides is 1. The van der Waals surface area contributed by atoms with E-state index >= 15 is 0 Å². The molecule has 0 aromatic carbocycles. The third-order valence-electron chi connectivity index (χ3n) is 4.61. The van der Waals surface area contributed by atoms with Gasteiger partial charge < -0.3 is 10.1 Å². The third kappa shape index (κ3) is 3.33. The van der Waals surface area contributed by atoms with Gasteiger partial charge in [0.25, 0.3) is 5.91 Å². The molecule has 2 aliphatic rings. The number of allylic oxidation sites excluding steroid dienone is 1. The van der Waals surface area contributed by atoms with Gasteiger partial charge in [0.2, 0.25) is 10.0 Å². The zero-order valence-electron chi connectivity index (χ0n) is 14.1. The summed E-state index contributed by atoms with van der Waals surface area (Å²) in [6, 6.07) is 0. The van der Waals surface area contributed by atoms with E-state index in [0.717, 1.165) is 6.42 Å². The van der Waals surface area contributed by atoms with Gasteiger partial charge in [-0.2, -0.15) is 0 Å². The number of hydrogen-bond donors (Lipinski definition) is 2. The molecule has 0 aliphatic heterocycles. The monoisotopic (exact) mass is 356 g/mol. The lowest BCUT2D eigenvalue weighted by Crippen LogP contribution is -2.53. The minimum atomic E-state index is -3.79. The van der Waals surface area contributed by atoms with E-state index in [9.17, 15) is 18.0 Å². The van der Waals surface area contributed by atoms with Crippen molar-refractivity contribution in [3.05, 3.63) is 25.0 Å². The minimum absolute atomic E-state index is 0.173. The predicted octanol–water partition coefficient (Wildman–Crippen LogP) is 1.97. The Hall–Kier alpha value is -1.83. The zero-order valence-corrected chi connectivity index (χ0v) is 14.9. The normalized spacial score (nSPS) is 26.8. The van der Waals surface area contributed by atoms with E-state index in [1.807, 2.05) is 6.92 Å².